The maximum Gasteiger partial charge on any atom is 0.305 e. The number of carbonyl (C=O) groups is 5. The molecule has 1 N–H and O–H groups in total. The number of amides is 1. The monoisotopic (exact) mass is 443 g/mol. The van der Waals surface area contributed by atoms with Gasteiger partial charge in [-0.3, -0.25) is 24.0 Å². The molecule has 0 aromatic rings. The van der Waals surface area contributed by atoms with Crippen molar-refractivity contribution in [2.24, 2.45) is 5.92 Å². The number of carbonyl (C=O) groups excluding carboxylic acids is 5. The molecule has 5 atom stereocenters. The Bertz CT molecular complexity index is 702. The minimum atomic E-state index is -1.36. The zero-order valence-electron chi connectivity index (χ0n) is 18.1. The van der Waals surface area contributed by atoms with Crippen LogP contribution in [0.4, 0.5) is 0 Å². The highest BCUT2D eigenvalue weighted by atomic mass is 16.7. The molecule has 11 nitrogen and oxygen atoms in total. The van der Waals surface area contributed by atoms with Gasteiger partial charge < -0.3 is 29.0 Å². The zero-order chi connectivity index (χ0) is 23.1. The Morgan fingerprint density at radius 1 is 0.806 bits per heavy atom. The van der Waals surface area contributed by atoms with E-state index in [1.165, 1.54) is 6.92 Å². The third kappa shape index (κ3) is 7.20. The summed E-state index contributed by atoms with van der Waals surface area (Å²) in [4.78, 5) is 59.3. The van der Waals surface area contributed by atoms with Crippen molar-refractivity contribution in [3.63, 3.8) is 0 Å². The molecule has 2 fully saturated rings. The first-order chi connectivity index (χ1) is 14.6. The minimum absolute atomic E-state index is 0.234. The van der Waals surface area contributed by atoms with E-state index < -0.39 is 54.5 Å². The van der Waals surface area contributed by atoms with E-state index in [1.807, 2.05) is 0 Å². The summed E-state index contributed by atoms with van der Waals surface area (Å²) in [6.45, 7) is 4.28. The molecular formula is C20H29NO10. The van der Waals surface area contributed by atoms with Crippen LogP contribution >= 0.6 is 0 Å². The first-order valence-corrected chi connectivity index (χ1v) is 10.2. The summed E-state index contributed by atoms with van der Waals surface area (Å²) in [5.74, 6) is -3.27. The number of nitrogens with one attached hydrogen (secondary N) is 1. The first kappa shape index (κ1) is 24.6. The standard InChI is InChI=1S/C20H29NO10/c1-10(22)27-9-15-17(28-11(2)23)18(29-12(3)24)16(20(31-15)30-13(4)25)21-19(26)14-7-5-6-8-14/h14-18,20H,5-9H2,1-4H3,(H,21,26)/t15?,16-,17-,18?,20-/m0/s1. The summed E-state index contributed by atoms with van der Waals surface area (Å²) < 4.78 is 26.6. The van der Waals surface area contributed by atoms with Gasteiger partial charge in [0.25, 0.3) is 0 Å². The fourth-order valence-electron chi connectivity index (χ4n) is 3.79. The van der Waals surface area contributed by atoms with Crippen LogP contribution in [0.1, 0.15) is 53.4 Å². The molecule has 0 aromatic heterocycles. The van der Waals surface area contributed by atoms with E-state index in [0.29, 0.717) is 12.8 Å². The van der Waals surface area contributed by atoms with Gasteiger partial charge in [-0.05, 0) is 12.8 Å². The number of hydrogen-bond donors (Lipinski definition) is 1. The average molecular weight is 443 g/mol. The van der Waals surface area contributed by atoms with Crippen molar-refractivity contribution in [1.82, 2.24) is 5.32 Å². The summed E-state index contributed by atoms with van der Waals surface area (Å²) in [6, 6.07) is -1.14. The van der Waals surface area contributed by atoms with E-state index in [0.717, 1.165) is 33.6 Å². The lowest BCUT2D eigenvalue weighted by Crippen LogP contribution is -2.67. The van der Waals surface area contributed by atoms with Crippen molar-refractivity contribution in [2.75, 3.05) is 6.61 Å². The van der Waals surface area contributed by atoms with Crippen LogP contribution in [0, 0.1) is 5.92 Å². The average Bonchev–Trinajstić information content (AvgIpc) is 3.18. The van der Waals surface area contributed by atoms with E-state index in [-0.39, 0.29) is 18.4 Å². The van der Waals surface area contributed by atoms with Crippen LogP contribution < -0.4 is 5.32 Å². The lowest BCUT2D eigenvalue weighted by atomic mass is 9.95. The van der Waals surface area contributed by atoms with Crippen LogP contribution in [0.15, 0.2) is 0 Å². The number of hydrogen-bond acceptors (Lipinski definition) is 10. The molecule has 1 aliphatic heterocycles. The molecule has 0 radical (unpaired) electrons. The van der Waals surface area contributed by atoms with E-state index in [2.05, 4.69) is 5.32 Å². The van der Waals surface area contributed by atoms with Crippen molar-refractivity contribution in [1.29, 1.82) is 0 Å². The summed E-state index contributed by atoms with van der Waals surface area (Å²) in [6.07, 6.45) is -1.69. The van der Waals surface area contributed by atoms with Crippen LogP contribution in [-0.4, -0.2) is 67.0 Å². The fraction of sp³-hybridized carbons (Fsp3) is 0.750. The van der Waals surface area contributed by atoms with Gasteiger partial charge in [0.1, 0.15) is 18.8 Å². The lowest BCUT2D eigenvalue weighted by molar-refractivity contribution is -0.271. The van der Waals surface area contributed by atoms with Crippen LogP contribution in [0.3, 0.4) is 0 Å². The Labute approximate surface area is 180 Å². The molecule has 0 bridgehead atoms. The maximum absolute atomic E-state index is 12.8. The molecule has 1 aliphatic carbocycles. The molecular weight excluding hydrogens is 414 g/mol. The summed E-state index contributed by atoms with van der Waals surface area (Å²) in [5.41, 5.74) is 0. The molecule has 1 amide bonds. The molecule has 31 heavy (non-hydrogen) atoms. The van der Waals surface area contributed by atoms with Gasteiger partial charge >= 0.3 is 23.9 Å². The van der Waals surface area contributed by atoms with Gasteiger partial charge in [-0.25, -0.2) is 0 Å². The molecule has 2 aliphatic rings. The van der Waals surface area contributed by atoms with Crippen LogP contribution in [0.5, 0.6) is 0 Å². The van der Waals surface area contributed by atoms with Gasteiger partial charge in [-0.1, -0.05) is 12.8 Å². The van der Waals surface area contributed by atoms with Gasteiger partial charge in [0.2, 0.25) is 12.2 Å². The highest BCUT2D eigenvalue weighted by molar-refractivity contribution is 5.79. The fourth-order valence-corrected chi connectivity index (χ4v) is 3.79. The van der Waals surface area contributed by atoms with Gasteiger partial charge in [0.15, 0.2) is 12.2 Å². The third-order valence-electron chi connectivity index (χ3n) is 5.02. The second-order valence-corrected chi connectivity index (χ2v) is 7.62. The molecule has 2 rings (SSSR count). The van der Waals surface area contributed by atoms with Crippen molar-refractivity contribution >= 4 is 29.8 Å². The molecule has 0 aromatic carbocycles. The zero-order valence-corrected chi connectivity index (χ0v) is 18.1. The Morgan fingerprint density at radius 3 is 1.87 bits per heavy atom. The van der Waals surface area contributed by atoms with E-state index in [1.54, 1.807) is 0 Å². The summed E-state index contributed by atoms with van der Waals surface area (Å²) in [7, 11) is 0. The molecule has 1 heterocycles. The van der Waals surface area contributed by atoms with Crippen molar-refractivity contribution in [3.05, 3.63) is 0 Å². The SMILES string of the molecule is CC(=O)OCC1O[C@H](OC(C)=O)[C@@H](NC(=O)C2CCCC2)C(OC(C)=O)[C@H]1OC(C)=O. The molecule has 174 valence electrons. The molecule has 1 saturated heterocycles. The predicted molar refractivity (Wildman–Crippen MR) is 102 cm³/mol. The van der Waals surface area contributed by atoms with Gasteiger partial charge in [0.05, 0.1) is 0 Å². The van der Waals surface area contributed by atoms with Crippen LogP contribution in [0.2, 0.25) is 0 Å². The Balaban J connectivity index is 2.37. The van der Waals surface area contributed by atoms with Crippen molar-refractivity contribution < 1.29 is 47.7 Å². The van der Waals surface area contributed by atoms with E-state index in [9.17, 15) is 24.0 Å². The van der Waals surface area contributed by atoms with Crippen molar-refractivity contribution in [2.45, 2.75) is 84.0 Å². The van der Waals surface area contributed by atoms with Crippen LogP contribution in [0.25, 0.3) is 0 Å². The van der Waals surface area contributed by atoms with E-state index in [4.69, 9.17) is 23.7 Å². The van der Waals surface area contributed by atoms with Crippen LogP contribution in [-0.2, 0) is 47.7 Å². The summed E-state index contributed by atoms with van der Waals surface area (Å²) in [5, 5.41) is 2.74. The number of ether oxygens (including phenoxy) is 5. The minimum Gasteiger partial charge on any atom is -0.463 e. The number of esters is 4. The van der Waals surface area contributed by atoms with Crippen molar-refractivity contribution in [3.8, 4) is 0 Å². The predicted octanol–water partition coefficient (Wildman–Crippen LogP) is 0.376. The lowest BCUT2D eigenvalue weighted by Gasteiger charge is -2.44. The highest BCUT2D eigenvalue weighted by Crippen LogP contribution is 2.30. The largest absolute Gasteiger partial charge is 0.463 e. The second-order valence-electron chi connectivity index (χ2n) is 7.62. The Morgan fingerprint density at radius 2 is 1.35 bits per heavy atom. The third-order valence-corrected chi connectivity index (χ3v) is 5.02. The molecule has 11 heteroatoms. The topological polar surface area (TPSA) is 144 Å². The first-order valence-electron chi connectivity index (χ1n) is 10.2. The van der Waals surface area contributed by atoms with Gasteiger partial charge in [-0.15, -0.1) is 0 Å². The summed E-state index contributed by atoms with van der Waals surface area (Å²) >= 11 is 0. The molecule has 2 unspecified atom stereocenters. The quantitative estimate of drug-likeness (QED) is 0.433. The van der Waals surface area contributed by atoms with Gasteiger partial charge in [-0.2, -0.15) is 0 Å². The normalized spacial score (nSPS) is 28.3. The second kappa shape index (κ2) is 11.1. The highest BCUT2D eigenvalue weighted by Gasteiger charge is 2.52. The number of rotatable bonds is 7. The molecule has 0 spiro atoms. The van der Waals surface area contributed by atoms with E-state index >= 15 is 0 Å². The maximum atomic E-state index is 12.8. The Hall–Kier alpha value is -2.69. The molecule has 1 saturated carbocycles. The Kier molecular flexibility index (Phi) is 8.78. The van der Waals surface area contributed by atoms with Gasteiger partial charge in [0, 0.05) is 33.6 Å². The smallest absolute Gasteiger partial charge is 0.305 e.